The fraction of sp³-hybridized carbons (Fsp3) is 0.375. The Balaban J connectivity index is 1.28. The maximum atomic E-state index is 13.3. The summed E-state index contributed by atoms with van der Waals surface area (Å²) in [5.41, 5.74) is 3.86. The van der Waals surface area contributed by atoms with Crippen LogP contribution in [0.15, 0.2) is 36.5 Å². The minimum absolute atomic E-state index is 0.00274. The van der Waals surface area contributed by atoms with Crippen molar-refractivity contribution >= 4 is 11.6 Å². The van der Waals surface area contributed by atoms with Crippen LogP contribution < -0.4 is 14.8 Å². The van der Waals surface area contributed by atoms with Crippen molar-refractivity contribution in [3.05, 3.63) is 53.3 Å². The van der Waals surface area contributed by atoms with Crippen molar-refractivity contribution < 1.29 is 27.8 Å². The number of benzene rings is 1. The normalized spacial score (nSPS) is 19.4. The molecule has 0 bridgehead atoms. The summed E-state index contributed by atoms with van der Waals surface area (Å²) in [4.78, 5) is 17.2. The molecular weight excluding hydrogens is 446 g/mol. The second-order valence-corrected chi connectivity index (χ2v) is 8.75. The minimum Gasteiger partial charge on any atom is -0.395 e. The molecule has 1 aliphatic carbocycles. The first-order valence-electron chi connectivity index (χ1n) is 11.2. The van der Waals surface area contributed by atoms with Gasteiger partial charge in [-0.05, 0) is 49.6 Å². The predicted molar refractivity (Wildman–Crippen MR) is 117 cm³/mol. The number of ketones is 1. The SMILES string of the molecule is C[C@H](Nc1cc(-c2nn(C3COC3)c3c2C(=O)CCC3)ccn1)c1ccc2c(c1)OC(F)(F)O2. The van der Waals surface area contributed by atoms with E-state index in [0.717, 1.165) is 29.7 Å². The number of rotatable bonds is 5. The number of hydrogen-bond donors (Lipinski definition) is 1. The van der Waals surface area contributed by atoms with Crippen molar-refractivity contribution in [3.8, 4) is 22.8 Å². The van der Waals surface area contributed by atoms with E-state index < -0.39 is 6.29 Å². The lowest BCUT2D eigenvalue weighted by Gasteiger charge is -2.28. The minimum atomic E-state index is -3.65. The van der Waals surface area contributed by atoms with Crippen molar-refractivity contribution in [3.63, 3.8) is 0 Å². The number of fused-ring (bicyclic) bond motifs is 2. The van der Waals surface area contributed by atoms with Crippen LogP contribution in [0, 0.1) is 0 Å². The van der Waals surface area contributed by atoms with Gasteiger partial charge >= 0.3 is 6.29 Å². The highest BCUT2D eigenvalue weighted by molar-refractivity contribution is 6.03. The van der Waals surface area contributed by atoms with Crippen molar-refractivity contribution in [1.29, 1.82) is 0 Å². The number of Topliss-reactive ketones (excluding diaryl/α,β-unsaturated/α-hetero) is 1. The van der Waals surface area contributed by atoms with E-state index in [0.29, 0.717) is 36.7 Å². The van der Waals surface area contributed by atoms with E-state index in [9.17, 15) is 13.6 Å². The van der Waals surface area contributed by atoms with Gasteiger partial charge in [-0.1, -0.05) is 6.07 Å². The Morgan fingerprint density at radius 3 is 2.76 bits per heavy atom. The van der Waals surface area contributed by atoms with E-state index in [2.05, 4.69) is 19.8 Å². The zero-order valence-corrected chi connectivity index (χ0v) is 18.4. The first-order valence-corrected chi connectivity index (χ1v) is 11.2. The first-order chi connectivity index (χ1) is 16.4. The summed E-state index contributed by atoms with van der Waals surface area (Å²) in [5, 5.41) is 8.11. The molecule has 0 saturated carbocycles. The molecule has 176 valence electrons. The summed E-state index contributed by atoms with van der Waals surface area (Å²) >= 11 is 0. The van der Waals surface area contributed by atoms with Crippen molar-refractivity contribution in [1.82, 2.24) is 14.8 Å². The van der Waals surface area contributed by atoms with Crippen LogP contribution >= 0.6 is 0 Å². The molecule has 8 nitrogen and oxygen atoms in total. The number of halogens is 2. The van der Waals surface area contributed by atoms with E-state index in [-0.39, 0.29) is 29.4 Å². The van der Waals surface area contributed by atoms with Crippen molar-refractivity contribution in [2.24, 2.45) is 0 Å². The summed E-state index contributed by atoms with van der Waals surface area (Å²) in [6.45, 7) is 3.09. The number of ether oxygens (including phenoxy) is 3. The van der Waals surface area contributed by atoms with Crippen LogP contribution in [0.1, 0.15) is 53.5 Å². The van der Waals surface area contributed by atoms with E-state index in [1.165, 1.54) is 12.1 Å². The molecule has 3 aliphatic rings. The lowest BCUT2D eigenvalue weighted by molar-refractivity contribution is -0.286. The van der Waals surface area contributed by atoms with E-state index in [1.54, 1.807) is 12.3 Å². The average molecular weight is 468 g/mol. The highest BCUT2D eigenvalue weighted by Gasteiger charge is 2.43. The Morgan fingerprint density at radius 1 is 1.15 bits per heavy atom. The van der Waals surface area contributed by atoms with Crippen LogP contribution in [-0.4, -0.2) is 40.1 Å². The molecule has 2 aliphatic heterocycles. The van der Waals surface area contributed by atoms with Crippen LogP contribution in [0.3, 0.4) is 0 Å². The molecule has 0 spiro atoms. The molecule has 0 radical (unpaired) electrons. The number of hydrogen-bond acceptors (Lipinski definition) is 7. The van der Waals surface area contributed by atoms with Gasteiger partial charge in [0, 0.05) is 18.2 Å². The lowest BCUT2D eigenvalue weighted by Crippen LogP contribution is -2.33. The average Bonchev–Trinajstić information content (AvgIpc) is 3.29. The van der Waals surface area contributed by atoms with Crippen LogP contribution in [-0.2, 0) is 11.2 Å². The molecule has 1 atom stereocenters. The monoisotopic (exact) mass is 468 g/mol. The Bertz CT molecular complexity index is 1290. The van der Waals surface area contributed by atoms with E-state index in [4.69, 9.17) is 9.84 Å². The number of carbonyl (C=O) groups excluding carboxylic acids is 1. The quantitative estimate of drug-likeness (QED) is 0.589. The Morgan fingerprint density at radius 2 is 1.97 bits per heavy atom. The number of nitrogens with one attached hydrogen (secondary N) is 1. The maximum Gasteiger partial charge on any atom is 0.586 e. The third-order valence-electron chi connectivity index (χ3n) is 6.40. The molecule has 1 N–H and O–H groups in total. The molecule has 2 aromatic heterocycles. The second-order valence-electron chi connectivity index (χ2n) is 8.75. The van der Waals surface area contributed by atoms with Crippen molar-refractivity contribution in [2.45, 2.75) is 44.6 Å². The Hall–Kier alpha value is -3.53. The number of pyridine rings is 1. The van der Waals surface area contributed by atoms with E-state index >= 15 is 0 Å². The van der Waals surface area contributed by atoms with Gasteiger partial charge in [-0.3, -0.25) is 9.48 Å². The number of alkyl halides is 2. The van der Waals surface area contributed by atoms with Gasteiger partial charge in [0.2, 0.25) is 0 Å². The van der Waals surface area contributed by atoms with Gasteiger partial charge in [0.15, 0.2) is 17.3 Å². The summed E-state index contributed by atoms with van der Waals surface area (Å²) in [6.07, 6.45) is 0.172. The standard InChI is InChI=1S/C24H22F2N4O4/c1-13(14-5-6-19-20(9-14)34-24(25,26)33-19)28-21-10-15(7-8-27-21)23-22-17(3-2-4-18(22)31)30(29-23)16-11-32-12-16/h5-10,13,16H,2-4,11-12H2,1H3,(H,27,28)/t13-/m0/s1. The molecular formula is C24H22F2N4O4. The summed E-state index contributed by atoms with van der Waals surface area (Å²) in [6, 6.07) is 8.27. The lowest BCUT2D eigenvalue weighted by atomic mass is 9.92. The molecule has 6 rings (SSSR count). The predicted octanol–water partition coefficient (Wildman–Crippen LogP) is 4.53. The van der Waals surface area contributed by atoms with Crippen molar-refractivity contribution in [2.75, 3.05) is 18.5 Å². The summed E-state index contributed by atoms with van der Waals surface area (Å²) in [7, 11) is 0. The van der Waals surface area contributed by atoms with Crippen LogP contribution in [0.25, 0.3) is 11.3 Å². The zero-order chi connectivity index (χ0) is 23.4. The third-order valence-corrected chi connectivity index (χ3v) is 6.40. The summed E-state index contributed by atoms with van der Waals surface area (Å²) < 4.78 is 43.0. The Kier molecular flexibility index (Phi) is 4.80. The highest BCUT2D eigenvalue weighted by atomic mass is 19.3. The van der Waals surface area contributed by atoms with Crippen LogP contribution in [0.4, 0.5) is 14.6 Å². The summed E-state index contributed by atoms with van der Waals surface area (Å²) in [5.74, 6) is 0.683. The molecule has 0 unspecified atom stereocenters. The van der Waals surface area contributed by atoms with Crippen LogP contribution in [0.2, 0.25) is 0 Å². The van der Waals surface area contributed by atoms with Gasteiger partial charge in [-0.25, -0.2) is 4.98 Å². The maximum absolute atomic E-state index is 13.3. The van der Waals surface area contributed by atoms with Gasteiger partial charge in [0.25, 0.3) is 0 Å². The highest BCUT2D eigenvalue weighted by Crippen LogP contribution is 2.42. The van der Waals surface area contributed by atoms with Crippen LogP contribution in [0.5, 0.6) is 11.5 Å². The molecule has 4 heterocycles. The largest absolute Gasteiger partial charge is 0.586 e. The molecule has 10 heteroatoms. The molecule has 3 aromatic rings. The van der Waals surface area contributed by atoms with Gasteiger partial charge in [-0.15, -0.1) is 8.78 Å². The number of anilines is 1. The number of aromatic nitrogens is 3. The topological polar surface area (TPSA) is 87.5 Å². The fourth-order valence-electron chi connectivity index (χ4n) is 4.61. The van der Waals surface area contributed by atoms with Gasteiger partial charge < -0.3 is 19.5 Å². The number of carbonyl (C=O) groups is 1. The molecule has 1 aromatic carbocycles. The zero-order valence-electron chi connectivity index (χ0n) is 18.4. The van der Waals surface area contributed by atoms with E-state index in [1.807, 2.05) is 23.7 Å². The first kappa shape index (κ1) is 21.0. The molecule has 1 fully saturated rings. The molecule has 34 heavy (non-hydrogen) atoms. The second kappa shape index (κ2) is 7.76. The van der Waals surface area contributed by atoms with Gasteiger partial charge in [0.05, 0.1) is 36.6 Å². The van der Waals surface area contributed by atoms with Gasteiger partial charge in [-0.2, -0.15) is 5.10 Å². The molecule has 1 saturated heterocycles. The van der Waals surface area contributed by atoms with Gasteiger partial charge in [0.1, 0.15) is 11.5 Å². The number of nitrogens with zero attached hydrogens (tertiary/aromatic N) is 3. The smallest absolute Gasteiger partial charge is 0.395 e. The third kappa shape index (κ3) is 3.58. The Labute approximate surface area is 193 Å². The molecule has 0 amide bonds. The fourth-order valence-corrected chi connectivity index (χ4v) is 4.61.